The van der Waals surface area contributed by atoms with Crippen molar-refractivity contribution in [3.63, 3.8) is 0 Å². The lowest BCUT2D eigenvalue weighted by atomic mass is 9.63. The minimum absolute atomic E-state index is 0.241. The zero-order valence-electron chi connectivity index (χ0n) is 14.8. The number of benzene rings is 1. The molecule has 1 saturated carbocycles. The third kappa shape index (κ3) is 3.51. The van der Waals surface area contributed by atoms with E-state index in [1.54, 1.807) is 0 Å². The van der Waals surface area contributed by atoms with Crippen LogP contribution in [0, 0.1) is 25.7 Å². The summed E-state index contributed by atoms with van der Waals surface area (Å²) in [6, 6.07) is 7.64. The standard InChI is InChI=1S/C20H33N/c1-7-21-19-13-15(3)9-11-18(19)20(5,6)17-10-8-14(2)12-16(17)4/h8,10,12,15,18-19,21H,7,9,11,13H2,1-6H3. The zero-order valence-corrected chi connectivity index (χ0v) is 14.8. The highest BCUT2D eigenvalue weighted by Crippen LogP contribution is 2.43. The van der Waals surface area contributed by atoms with Crippen molar-refractivity contribution in [1.29, 1.82) is 0 Å². The minimum atomic E-state index is 0.241. The van der Waals surface area contributed by atoms with Crippen LogP contribution in [-0.4, -0.2) is 12.6 Å². The van der Waals surface area contributed by atoms with Crippen molar-refractivity contribution < 1.29 is 0 Å². The summed E-state index contributed by atoms with van der Waals surface area (Å²) in [7, 11) is 0. The molecule has 0 radical (unpaired) electrons. The molecule has 1 aromatic rings. The highest BCUT2D eigenvalue weighted by molar-refractivity contribution is 5.36. The molecule has 1 aliphatic rings. The number of hydrogen-bond donors (Lipinski definition) is 1. The van der Waals surface area contributed by atoms with Crippen molar-refractivity contribution in [2.75, 3.05) is 6.54 Å². The lowest BCUT2D eigenvalue weighted by Gasteiger charge is -2.45. The van der Waals surface area contributed by atoms with Crippen LogP contribution in [-0.2, 0) is 5.41 Å². The average molecular weight is 287 g/mol. The maximum absolute atomic E-state index is 3.77. The van der Waals surface area contributed by atoms with Gasteiger partial charge in [0.2, 0.25) is 0 Å². The van der Waals surface area contributed by atoms with Gasteiger partial charge in [-0.15, -0.1) is 0 Å². The highest BCUT2D eigenvalue weighted by Gasteiger charge is 2.40. The quantitative estimate of drug-likeness (QED) is 0.822. The van der Waals surface area contributed by atoms with Crippen molar-refractivity contribution in [1.82, 2.24) is 5.32 Å². The Labute approximate surface area is 131 Å². The van der Waals surface area contributed by atoms with Gasteiger partial charge in [0, 0.05) is 6.04 Å². The fourth-order valence-electron chi connectivity index (χ4n) is 4.47. The molecule has 1 aromatic carbocycles. The van der Waals surface area contributed by atoms with Crippen LogP contribution in [0.3, 0.4) is 0 Å². The molecule has 1 heteroatoms. The Morgan fingerprint density at radius 3 is 2.52 bits per heavy atom. The Hall–Kier alpha value is -0.820. The summed E-state index contributed by atoms with van der Waals surface area (Å²) < 4.78 is 0. The molecule has 1 fully saturated rings. The number of hydrogen-bond acceptors (Lipinski definition) is 1. The predicted molar refractivity (Wildman–Crippen MR) is 92.9 cm³/mol. The molecule has 0 amide bonds. The smallest absolute Gasteiger partial charge is 0.0106 e. The summed E-state index contributed by atoms with van der Waals surface area (Å²) >= 11 is 0. The largest absolute Gasteiger partial charge is 0.314 e. The van der Waals surface area contributed by atoms with E-state index in [9.17, 15) is 0 Å². The van der Waals surface area contributed by atoms with Crippen molar-refractivity contribution in [3.8, 4) is 0 Å². The molecule has 1 nitrogen and oxygen atoms in total. The Balaban J connectivity index is 2.31. The van der Waals surface area contributed by atoms with Crippen LogP contribution in [0.1, 0.15) is 63.6 Å². The molecular weight excluding hydrogens is 254 g/mol. The Bertz CT molecular complexity index is 475. The first-order valence-electron chi connectivity index (χ1n) is 8.67. The van der Waals surface area contributed by atoms with Gasteiger partial charge in [-0.05, 0) is 61.6 Å². The van der Waals surface area contributed by atoms with E-state index in [0.717, 1.165) is 18.4 Å². The minimum Gasteiger partial charge on any atom is -0.314 e. The summed E-state index contributed by atoms with van der Waals surface area (Å²) in [5.41, 5.74) is 4.60. The summed E-state index contributed by atoms with van der Waals surface area (Å²) in [6.45, 7) is 15.1. The van der Waals surface area contributed by atoms with Crippen molar-refractivity contribution >= 4 is 0 Å². The normalized spacial score (nSPS) is 26.9. The van der Waals surface area contributed by atoms with E-state index in [-0.39, 0.29) is 5.41 Å². The first-order valence-corrected chi connectivity index (χ1v) is 8.67. The molecular formula is C20H33N. The second-order valence-electron chi connectivity index (χ2n) is 7.73. The Kier molecular flexibility index (Phi) is 5.14. The van der Waals surface area contributed by atoms with Crippen LogP contribution in [0.4, 0.5) is 0 Å². The molecule has 3 atom stereocenters. The van der Waals surface area contributed by atoms with Crippen LogP contribution in [0.5, 0.6) is 0 Å². The van der Waals surface area contributed by atoms with Gasteiger partial charge in [0.25, 0.3) is 0 Å². The SMILES string of the molecule is CCNC1CC(C)CCC1C(C)(C)c1ccc(C)cc1C. The number of rotatable bonds is 4. The van der Waals surface area contributed by atoms with Gasteiger partial charge in [0.05, 0.1) is 0 Å². The lowest BCUT2D eigenvalue weighted by Crippen LogP contribution is -2.48. The topological polar surface area (TPSA) is 12.0 Å². The monoisotopic (exact) mass is 287 g/mol. The Morgan fingerprint density at radius 2 is 1.90 bits per heavy atom. The van der Waals surface area contributed by atoms with Gasteiger partial charge < -0.3 is 5.32 Å². The van der Waals surface area contributed by atoms with E-state index < -0.39 is 0 Å². The molecule has 3 unspecified atom stereocenters. The first kappa shape index (κ1) is 16.5. The summed E-state index contributed by atoms with van der Waals surface area (Å²) in [4.78, 5) is 0. The predicted octanol–water partition coefficient (Wildman–Crippen LogP) is 5.00. The molecule has 0 bridgehead atoms. The lowest BCUT2D eigenvalue weighted by molar-refractivity contribution is 0.146. The average Bonchev–Trinajstić information content (AvgIpc) is 2.38. The van der Waals surface area contributed by atoms with Gasteiger partial charge in [-0.25, -0.2) is 0 Å². The summed E-state index contributed by atoms with van der Waals surface area (Å²) in [5, 5.41) is 3.77. The molecule has 0 aliphatic heterocycles. The summed E-state index contributed by atoms with van der Waals surface area (Å²) in [5.74, 6) is 1.59. The fraction of sp³-hybridized carbons (Fsp3) is 0.700. The molecule has 0 spiro atoms. The maximum atomic E-state index is 3.77. The number of aryl methyl sites for hydroxylation is 2. The molecule has 0 saturated heterocycles. The maximum Gasteiger partial charge on any atom is 0.0106 e. The van der Waals surface area contributed by atoms with E-state index in [1.807, 2.05) is 0 Å². The van der Waals surface area contributed by atoms with Gasteiger partial charge in [-0.2, -0.15) is 0 Å². The van der Waals surface area contributed by atoms with E-state index in [1.165, 1.54) is 36.0 Å². The van der Waals surface area contributed by atoms with Crippen molar-refractivity contribution in [3.05, 3.63) is 34.9 Å². The van der Waals surface area contributed by atoms with Crippen molar-refractivity contribution in [2.24, 2.45) is 11.8 Å². The van der Waals surface area contributed by atoms with Gasteiger partial charge in [0.1, 0.15) is 0 Å². The third-order valence-corrected chi connectivity index (χ3v) is 5.58. The van der Waals surface area contributed by atoms with Gasteiger partial charge >= 0.3 is 0 Å². The molecule has 1 N–H and O–H groups in total. The zero-order chi connectivity index (χ0) is 15.6. The van der Waals surface area contributed by atoms with Gasteiger partial charge in [-0.1, -0.05) is 57.9 Å². The molecule has 2 rings (SSSR count). The van der Waals surface area contributed by atoms with E-state index in [4.69, 9.17) is 0 Å². The second kappa shape index (κ2) is 6.52. The van der Waals surface area contributed by atoms with Crippen LogP contribution in [0.15, 0.2) is 18.2 Å². The third-order valence-electron chi connectivity index (χ3n) is 5.58. The van der Waals surface area contributed by atoms with Crippen LogP contribution < -0.4 is 5.32 Å². The first-order chi connectivity index (χ1) is 9.86. The van der Waals surface area contributed by atoms with E-state index in [2.05, 4.69) is 65.1 Å². The molecule has 0 aromatic heterocycles. The molecule has 21 heavy (non-hydrogen) atoms. The molecule has 0 heterocycles. The molecule has 1 aliphatic carbocycles. The van der Waals surface area contributed by atoms with Crippen LogP contribution in [0.25, 0.3) is 0 Å². The highest BCUT2D eigenvalue weighted by atomic mass is 14.9. The van der Waals surface area contributed by atoms with E-state index >= 15 is 0 Å². The van der Waals surface area contributed by atoms with Crippen LogP contribution >= 0.6 is 0 Å². The fourth-order valence-corrected chi connectivity index (χ4v) is 4.47. The van der Waals surface area contributed by atoms with Gasteiger partial charge in [0.15, 0.2) is 0 Å². The summed E-state index contributed by atoms with van der Waals surface area (Å²) in [6.07, 6.45) is 4.05. The Morgan fingerprint density at radius 1 is 1.19 bits per heavy atom. The second-order valence-corrected chi connectivity index (χ2v) is 7.73. The molecule has 118 valence electrons. The van der Waals surface area contributed by atoms with E-state index in [0.29, 0.717) is 6.04 Å². The van der Waals surface area contributed by atoms with Crippen molar-refractivity contribution in [2.45, 2.75) is 72.3 Å². The van der Waals surface area contributed by atoms with Gasteiger partial charge in [-0.3, -0.25) is 0 Å². The van der Waals surface area contributed by atoms with Crippen LogP contribution in [0.2, 0.25) is 0 Å². The number of nitrogens with one attached hydrogen (secondary N) is 1.